The van der Waals surface area contributed by atoms with E-state index in [4.69, 9.17) is 11.6 Å². The standard InChI is InChI=1S/C24H23ClFN5O/c1-4-24(14-7-5-6-13(10-14)15-8-9-27-12-16(15)26)18-17(11-23(2,3)29-22(18)32)28-21-19(24)20(25)30-31-21/h5-10,12,21,28H,4,11H2,1-3H3,(H,29,32)/t21?,24-/m1/s1. The smallest absolute Gasteiger partial charge is 0.250 e. The van der Waals surface area contributed by atoms with Crippen LogP contribution >= 0.6 is 11.6 Å². The summed E-state index contributed by atoms with van der Waals surface area (Å²) < 4.78 is 14.5. The SMILES string of the molecule is CC[C@@]1(c2cccc(-c3ccncc3F)c2)C2=C(CC(C)(C)NC2=O)NC2N=NC(Cl)=C21. The molecule has 2 N–H and O–H groups in total. The second kappa shape index (κ2) is 7.24. The summed E-state index contributed by atoms with van der Waals surface area (Å²) in [5.41, 5.74) is 2.99. The van der Waals surface area contributed by atoms with Crippen molar-refractivity contribution in [1.82, 2.24) is 15.6 Å². The third kappa shape index (κ3) is 2.98. The van der Waals surface area contributed by atoms with Gasteiger partial charge in [-0.25, -0.2) is 4.39 Å². The van der Waals surface area contributed by atoms with Crippen LogP contribution in [-0.2, 0) is 10.2 Å². The van der Waals surface area contributed by atoms with Crippen LogP contribution < -0.4 is 10.6 Å². The Morgan fingerprint density at radius 1 is 1.28 bits per heavy atom. The molecule has 1 amide bonds. The molecule has 5 rings (SSSR count). The largest absolute Gasteiger partial charge is 0.362 e. The first-order chi connectivity index (χ1) is 15.3. The van der Waals surface area contributed by atoms with E-state index in [0.717, 1.165) is 16.8 Å². The molecule has 164 valence electrons. The van der Waals surface area contributed by atoms with Crippen molar-refractivity contribution in [2.45, 2.75) is 50.7 Å². The van der Waals surface area contributed by atoms with Crippen molar-refractivity contribution in [2.75, 3.05) is 0 Å². The highest BCUT2D eigenvalue weighted by atomic mass is 35.5. The molecule has 0 saturated heterocycles. The van der Waals surface area contributed by atoms with E-state index in [1.165, 1.54) is 6.20 Å². The number of hydrogen-bond donors (Lipinski definition) is 2. The molecule has 3 aliphatic rings. The van der Waals surface area contributed by atoms with Crippen LogP contribution in [0.15, 0.2) is 75.0 Å². The molecular formula is C24H23ClFN5O. The number of hydrogen-bond acceptors (Lipinski definition) is 5. The minimum Gasteiger partial charge on any atom is -0.362 e. The van der Waals surface area contributed by atoms with Crippen molar-refractivity contribution >= 4 is 17.5 Å². The zero-order valence-corrected chi connectivity index (χ0v) is 18.8. The van der Waals surface area contributed by atoms with Gasteiger partial charge in [-0.3, -0.25) is 9.78 Å². The number of aromatic nitrogens is 1. The van der Waals surface area contributed by atoms with Gasteiger partial charge in [0.25, 0.3) is 5.91 Å². The van der Waals surface area contributed by atoms with Crippen LogP contribution in [0.3, 0.4) is 0 Å². The Kier molecular flexibility index (Phi) is 4.71. The fourth-order valence-electron chi connectivity index (χ4n) is 5.23. The van der Waals surface area contributed by atoms with Gasteiger partial charge in [-0.1, -0.05) is 36.7 Å². The minimum absolute atomic E-state index is 0.145. The zero-order chi connectivity index (χ0) is 22.7. The molecule has 1 unspecified atom stereocenters. The lowest BCUT2D eigenvalue weighted by molar-refractivity contribution is -0.120. The van der Waals surface area contributed by atoms with Crippen LogP contribution in [0.1, 0.15) is 39.2 Å². The quantitative estimate of drug-likeness (QED) is 0.649. The van der Waals surface area contributed by atoms with E-state index in [1.807, 2.05) is 45.0 Å². The van der Waals surface area contributed by atoms with Crippen LogP contribution in [0.25, 0.3) is 11.1 Å². The van der Waals surface area contributed by atoms with Crippen LogP contribution in [0.2, 0.25) is 0 Å². The topological polar surface area (TPSA) is 78.7 Å². The molecule has 0 radical (unpaired) electrons. The maximum atomic E-state index is 14.5. The van der Waals surface area contributed by atoms with E-state index in [-0.39, 0.29) is 11.1 Å². The van der Waals surface area contributed by atoms with Gasteiger partial charge >= 0.3 is 0 Å². The Balaban J connectivity index is 1.78. The maximum absolute atomic E-state index is 14.5. The van der Waals surface area contributed by atoms with Crippen molar-refractivity contribution in [3.63, 3.8) is 0 Å². The Morgan fingerprint density at radius 2 is 2.09 bits per heavy atom. The van der Waals surface area contributed by atoms with Crippen LogP contribution in [0, 0.1) is 5.82 Å². The summed E-state index contributed by atoms with van der Waals surface area (Å²) in [5, 5.41) is 15.3. The number of nitrogens with zero attached hydrogens (tertiary/aromatic N) is 3. The maximum Gasteiger partial charge on any atom is 0.250 e. The molecule has 2 atom stereocenters. The summed E-state index contributed by atoms with van der Waals surface area (Å²) in [6.07, 6.45) is 3.52. The van der Waals surface area contributed by atoms with E-state index in [9.17, 15) is 9.18 Å². The Bertz CT molecular complexity index is 1230. The first kappa shape index (κ1) is 20.8. The molecule has 1 aromatic carbocycles. The first-order valence-electron chi connectivity index (χ1n) is 10.6. The second-order valence-corrected chi connectivity index (χ2v) is 9.39. The van der Waals surface area contributed by atoms with Crippen LogP contribution in [0.5, 0.6) is 0 Å². The minimum atomic E-state index is -0.841. The third-order valence-electron chi connectivity index (χ3n) is 6.52. The van der Waals surface area contributed by atoms with E-state index < -0.39 is 22.9 Å². The normalized spacial score (nSPS) is 25.9. The van der Waals surface area contributed by atoms with Crippen molar-refractivity contribution in [3.05, 3.63) is 76.1 Å². The average Bonchev–Trinajstić information content (AvgIpc) is 3.12. The number of nitrogens with one attached hydrogen (secondary N) is 2. The molecule has 2 aromatic rings. The van der Waals surface area contributed by atoms with Gasteiger partial charge in [0, 0.05) is 35.0 Å². The van der Waals surface area contributed by atoms with Crippen molar-refractivity contribution in [1.29, 1.82) is 0 Å². The van der Waals surface area contributed by atoms with Gasteiger partial charge in [-0.15, -0.1) is 5.11 Å². The summed E-state index contributed by atoms with van der Waals surface area (Å²) in [7, 11) is 0. The fourth-order valence-corrected chi connectivity index (χ4v) is 5.54. The van der Waals surface area contributed by atoms with Gasteiger partial charge in [0.2, 0.25) is 0 Å². The van der Waals surface area contributed by atoms with Gasteiger partial charge in [-0.2, -0.15) is 5.11 Å². The molecule has 0 saturated carbocycles. The molecule has 4 heterocycles. The van der Waals surface area contributed by atoms with Gasteiger partial charge in [0.15, 0.2) is 11.3 Å². The molecule has 1 aromatic heterocycles. The Morgan fingerprint density at radius 3 is 2.84 bits per heavy atom. The number of carbonyl (C=O) groups is 1. The summed E-state index contributed by atoms with van der Waals surface area (Å²) in [6.45, 7) is 6.01. The number of pyridine rings is 1. The fraction of sp³-hybridized carbons (Fsp3) is 0.333. The predicted molar refractivity (Wildman–Crippen MR) is 120 cm³/mol. The molecule has 0 fully saturated rings. The highest BCUT2D eigenvalue weighted by Crippen LogP contribution is 2.53. The molecule has 0 bridgehead atoms. The molecule has 0 spiro atoms. The summed E-state index contributed by atoms with van der Waals surface area (Å²) in [4.78, 5) is 17.3. The van der Waals surface area contributed by atoms with Gasteiger partial charge in [0.1, 0.15) is 5.82 Å². The van der Waals surface area contributed by atoms with Crippen LogP contribution in [0.4, 0.5) is 4.39 Å². The molecule has 8 heteroatoms. The number of carbonyl (C=O) groups excluding carboxylic acids is 1. The molecule has 32 heavy (non-hydrogen) atoms. The van der Waals surface area contributed by atoms with E-state index >= 15 is 0 Å². The average molecular weight is 452 g/mol. The number of fused-ring (bicyclic) bond motifs is 1. The predicted octanol–water partition coefficient (Wildman–Crippen LogP) is 4.93. The number of halogens is 2. The van der Waals surface area contributed by atoms with Gasteiger partial charge in [0.05, 0.1) is 17.2 Å². The lowest BCUT2D eigenvalue weighted by Gasteiger charge is -2.48. The molecular weight excluding hydrogens is 429 g/mol. The van der Waals surface area contributed by atoms with E-state index in [2.05, 4.69) is 25.8 Å². The summed E-state index contributed by atoms with van der Waals surface area (Å²) in [6, 6.07) is 9.26. The van der Waals surface area contributed by atoms with E-state index in [0.29, 0.717) is 29.5 Å². The first-order valence-corrected chi connectivity index (χ1v) is 11.0. The Labute approximate surface area is 190 Å². The zero-order valence-electron chi connectivity index (χ0n) is 18.0. The lowest BCUT2D eigenvalue weighted by atomic mass is 9.62. The monoisotopic (exact) mass is 451 g/mol. The third-order valence-corrected chi connectivity index (χ3v) is 6.80. The van der Waals surface area contributed by atoms with Crippen molar-refractivity contribution in [2.24, 2.45) is 10.2 Å². The number of azo groups is 1. The lowest BCUT2D eigenvalue weighted by Crippen LogP contribution is -2.58. The molecule has 0 aliphatic carbocycles. The number of benzene rings is 1. The number of rotatable bonds is 3. The highest BCUT2D eigenvalue weighted by molar-refractivity contribution is 6.30. The van der Waals surface area contributed by atoms with Crippen molar-refractivity contribution < 1.29 is 9.18 Å². The van der Waals surface area contributed by atoms with Crippen molar-refractivity contribution in [3.8, 4) is 11.1 Å². The Hall–Kier alpha value is -3.06. The number of amides is 1. The summed E-state index contributed by atoms with van der Waals surface area (Å²) >= 11 is 6.57. The highest BCUT2D eigenvalue weighted by Gasteiger charge is 2.54. The summed E-state index contributed by atoms with van der Waals surface area (Å²) in [5.74, 6) is -0.549. The van der Waals surface area contributed by atoms with E-state index in [1.54, 1.807) is 12.3 Å². The molecule has 6 nitrogen and oxygen atoms in total. The van der Waals surface area contributed by atoms with Crippen LogP contribution in [-0.4, -0.2) is 22.6 Å². The van der Waals surface area contributed by atoms with Gasteiger partial charge < -0.3 is 10.6 Å². The molecule has 3 aliphatic heterocycles. The second-order valence-electron chi connectivity index (χ2n) is 9.03. The van der Waals surface area contributed by atoms with Gasteiger partial charge in [-0.05, 0) is 43.5 Å².